The molecule has 0 aliphatic heterocycles. The molecule has 0 bridgehead atoms. The average molecular weight is 138 g/mol. The van der Waals surface area contributed by atoms with E-state index in [9.17, 15) is 0 Å². The van der Waals surface area contributed by atoms with E-state index in [0.29, 0.717) is 5.70 Å². The number of nitrogens with zero attached hydrogens (tertiary/aromatic N) is 1. The summed E-state index contributed by atoms with van der Waals surface area (Å²) in [6.07, 6.45) is 6.32. The predicted octanol–water partition coefficient (Wildman–Crippen LogP) is 2.23. The molecule has 3 heteroatoms. The summed E-state index contributed by atoms with van der Waals surface area (Å²) in [5.41, 5.74) is 7.28. The second-order valence-electron chi connectivity index (χ2n) is 1.72. The van der Waals surface area contributed by atoms with Gasteiger partial charge in [-0.15, -0.1) is 0 Å². The van der Waals surface area contributed by atoms with Gasteiger partial charge in [0.25, 0.3) is 0 Å². The molecule has 1 N–H and O–H groups in total. The van der Waals surface area contributed by atoms with Crippen molar-refractivity contribution in [2.75, 3.05) is 0 Å². The zero-order chi connectivity index (χ0) is 6.69. The van der Waals surface area contributed by atoms with Crippen molar-refractivity contribution >= 4 is 17.1 Å². The van der Waals surface area contributed by atoms with Crippen LogP contribution in [0.5, 0.6) is 0 Å². The van der Waals surface area contributed by atoms with E-state index in [1.54, 1.807) is 6.08 Å². The summed E-state index contributed by atoms with van der Waals surface area (Å²) in [5, 5.41) is 3.25. The molecule has 0 aromatic carbocycles. The number of hydrogen-bond donors (Lipinski definition) is 1. The molecule has 0 saturated heterocycles. The van der Waals surface area contributed by atoms with Crippen LogP contribution in [0.25, 0.3) is 0 Å². The molecule has 0 heterocycles. The van der Waals surface area contributed by atoms with Crippen molar-refractivity contribution in [3.05, 3.63) is 23.9 Å². The summed E-state index contributed by atoms with van der Waals surface area (Å²) in [5.74, 6) is 0. The highest BCUT2D eigenvalue weighted by atomic mass is 32.1. The van der Waals surface area contributed by atoms with Gasteiger partial charge in [0.1, 0.15) is 0 Å². The molecule has 46 valence electrons. The molecule has 0 aromatic rings. The van der Waals surface area contributed by atoms with Crippen LogP contribution in [0.4, 0.5) is 0 Å². The lowest BCUT2D eigenvalue weighted by Gasteiger charge is -2.00. The van der Waals surface area contributed by atoms with E-state index < -0.39 is 0 Å². The predicted molar refractivity (Wildman–Crippen MR) is 39.6 cm³/mol. The van der Waals surface area contributed by atoms with E-state index in [4.69, 9.17) is 17.7 Å². The number of hydrogen-bond acceptors (Lipinski definition) is 3. The Morgan fingerprint density at radius 1 is 1.67 bits per heavy atom. The Kier molecular flexibility index (Phi) is 1.85. The van der Waals surface area contributed by atoms with Crippen molar-refractivity contribution in [1.82, 2.24) is 0 Å². The molecular formula is C6H6N2S. The van der Waals surface area contributed by atoms with Crippen molar-refractivity contribution in [3.63, 3.8) is 0 Å². The molecule has 1 aliphatic carbocycles. The van der Waals surface area contributed by atoms with Gasteiger partial charge in [-0.25, -0.2) is 5.53 Å². The van der Waals surface area contributed by atoms with Crippen LogP contribution >= 0.6 is 12.2 Å². The third-order valence-corrected chi connectivity index (χ3v) is 1.48. The highest BCUT2D eigenvalue weighted by Crippen LogP contribution is 2.09. The summed E-state index contributed by atoms with van der Waals surface area (Å²) in [6.45, 7) is 0. The highest BCUT2D eigenvalue weighted by Gasteiger charge is 2.02. The van der Waals surface area contributed by atoms with Gasteiger partial charge >= 0.3 is 0 Å². The Morgan fingerprint density at radius 2 is 2.44 bits per heavy atom. The molecule has 9 heavy (non-hydrogen) atoms. The second-order valence-corrected chi connectivity index (χ2v) is 2.21. The molecule has 0 amide bonds. The Balaban J connectivity index is 2.86. The van der Waals surface area contributed by atoms with Crippen molar-refractivity contribution < 1.29 is 0 Å². The Bertz CT molecular complexity index is 203. The number of allylic oxidation sites excluding steroid dienone is 4. The van der Waals surface area contributed by atoms with Gasteiger partial charge in [-0.05, 0) is 6.08 Å². The summed E-state index contributed by atoms with van der Waals surface area (Å²) in [7, 11) is 0. The van der Waals surface area contributed by atoms with Gasteiger partial charge in [0.15, 0.2) is 0 Å². The number of rotatable bonds is 1. The standard InChI is InChI=1S/C6H6N2S/c7-8-5-3-1-2-4-6(5)9/h1-3,7H,4H2. The third kappa shape index (κ3) is 1.29. The van der Waals surface area contributed by atoms with Crippen LogP contribution in [0.3, 0.4) is 0 Å². The Hall–Kier alpha value is -0.830. The maximum atomic E-state index is 6.66. The Labute approximate surface area is 58.8 Å². The molecule has 0 saturated carbocycles. The maximum absolute atomic E-state index is 6.66. The van der Waals surface area contributed by atoms with Gasteiger partial charge in [-0.2, -0.15) is 5.11 Å². The molecule has 0 spiro atoms. The zero-order valence-corrected chi connectivity index (χ0v) is 5.61. The second kappa shape index (κ2) is 2.64. The molecule has 0 unspecified atom stereocenters. The lowest BCUT2D eigenvalue weighted by atomic mass is 10.1. The maximum Gasteiger partial charge on any atom is 0.0992 e. The number of thiocarbonyl (C=S) groups is 1. The summed E-state index contributed by atoms with van der Waals surface area (Å²) >= 11 is 4.89. The van der Waals surface area contributed by atoms with Gasteiger partial charge < -0.3 is 0 Å². The van der Waals surface area contributed by atoms with Crippen LogP contribution < -0.4 is 0 Å². The van der Waals surface area contributed by atoms with Gasteiger partial charge in [0, 0.05) is 11.3 Å². The van der Waals surface area contributed by atoms with Crippen molar-refractivity contribution in [2.24, 2.45) is 5.11 Å². The fourth-order valence-electron chi connectivity index (χ4n) is 0.631. The summed E-state index contributed by atoms with van der Waals surface area (Å²) in [4.78, 5) is 0.757. The third-order valence-electron chi connectivity index (χ3n) is 1.10. The fourth-order valence-corrected chi connectivity index (χ4v) is 0.841. The van der Waals surface area contributed by atoms with Crippen LogP contribution in [0.2, 0.25) is 0 Å². The Morgan fingerprint density at radius 3 is 2.89 bits per heavy atom. The largest absolute Gasteiger partial charge is 0.204 e. The molecule has 0 radical (unpaired) electrons. The van der Waals surface area contributed by atoms with Gasteiger partial charge in [-0.1, -0.05) is 24.4 Å². The first kappa shape index (κ1) is 6.29. The molecule has 0 atom stereocenters. The van der Waals surface area contributed by atoms with Crippen LogP contribution in [0.1, 0.15) is 6.42 Å². The topological polar surface area (TPSA) is 36.2 Å². The molecule has 0 fully saturated rings. The van der Waals surface area contributed by atoms with Crippen LogP contribution in [-0.4, -0.2) is 4.86 Å². The highest BCUT2D eigenvalue weighted by molar-refractivity contribution is 7.80. The minimum absolute atomic E-state index is 0.618. The quantitative estimate of drug-likeness (QED) is 0.437. The van der Waals surface area contributed by atoms with Crippen LogP contribution in [-0.2, 0) is 0 Å². The molecule has 1 rings (SSSR count). The van der Waals surface area contributed by atoms with Crippen molar-refractivity contribution in [1.29, 1.82) is 5.53 Å². The fraction of sp³-hybridized carbons (Fsp3) is 0.167. The molecule has 1 aliphatic rings. The van der Waals surface area contributed by atoms with E-state index in [1.165, 1.54) is 0 Å². The smallest absolute Gasteiger partial charge is 0.0992 e. The zero-order valence-electron chi connectivity index (χ0n) is 4.79. The normalized spacial score (nSPS) is 17.3. The average Bonchev–Trinajstić information content (AvgIpc) is 1.89. The van der Waals surface area contributed by atoms with Gasteiger partial charge in [0.2, 0.25) is 0 Å². The van der Waals surface area contributed by atoms with E-state index in [1.807, 2.05) is 12.2 Å². The van der Waals surface area contributed by atoms with E-state index in [2.05, 4.69) is 5.11 Å². The van der Waals surface area contributed by atoms with Crippen molar-refractivity contribution in [3.8, 4) is 0 Å². The lowest BCUT2D eigenvalue weighted by Crippen LogP contribution is -1.97. The summed E-state index contributed by atoms with van der Waals surface area (Å²) < 4.78 is 0. The van der Waals surface area contributed by atoms with E-state index >= 15 is 0 Å². The van der Waals surface area contributed by atoms with Crippen molar-refractivity contribution in [2.45, 2.75) is 6.42 Å². The first-order valence-corrected chi connectivity index (χ1v) is 3.03. The van der Waals surface area contributed by atoms with Gasteiger partial charge in [-0.3, -0.25) is 0 Å². The van der Waals surface area contributed by atoms with E-state index in [0.717, 1.165) is 11.3 Å². The van der Waals surface area contributed by atoms with Crippen LogP contribution in [0, 0.1) is 5.53 Å². The summed E-state index contributed by atoms with van der Waals surface area (Å²) in [6, 6.07) is 0. The first-order chi connectivity index (χ1) is 4.34. The minimum atomic E-state index is 0.618. The molecular weight excluding hydrogens is 132 g/mol. The number of nitrogens with one attached hydrogen (secondary N) is 1. The SMILES string of the molecule is N=NC1=CC=CCC1=S. The first-order valence-electron chi connectivity index (χ1n) is 2.62. The van der Waals surface area contributed by atoms with E-state index in [-0.39, 0.29) is 0 Å². The minimum Gasteiger partial charge on any atom is -0.204 e. The molecule has 2 nitrogen and oxygen atoms in total. The monoisotopic (exact) mass is 138 g/mol. The van der Waals surface area contributed by atoms with Crippen LogP contribution in [0.15, 0.2) is 29.0 Å². The lowest BCUT2D eigenvalue weighted by molar-refractivity contribution is 1.10. The van der Waals surface area contributed by atoms with Gasteiger partial charge in [0.05, 0.1) is 5.70 Å². The molecule has 0 aromatic heterocycles.